The maximum absolute atomic E-state index is 9.32. The molecule has 0 fully saturated rings. The molecule has 0 saturated carbocycles. The highest BCUT2D eigenvalue weighted by molar-refractivity contribution is 5.63. The Hall–Kier alpha value is -2.00. The molecule has 0 atom stereocenters. The van der Waals surface area contributed by atoms with Crippen LogP contribution >= 0.6 is 0 Å². The molecule has 2 rings (SSSR count). The van der Waals surface area contributed by atoms with Crippen molar-refractivity contribution in [1.29, 1.82) is 0 Å². The van der Waals surface area contributed by atoms with Crippen LogP contribution in [0, 0.1) is 0 Å². The molecule has 18 heavy (non-hydrogen) atoms. The molecule has 0 aliphatic heterocycles. The molecule has 2 aromatic rings. The van der Waals surface area contributed by atoms with Crippen molar-refractivity contribution in [2.24, 2.45) is 5.73 Å². The third-order valence-corrected chi connectivity index (χ3v) is 2.96. The van der Waals surface area contributed by atoms with Crippen LogP contribution in [0.1, 0.15) is 12.5 Å². The number of hydrogen-bond donors (Lipinski definition) is 2. The third kappa shape index (κ3) is 2.63. The lowest BCUT2D eigenvalue weighted by atomic mass is 10.2. The molecule has 0 aromatic heterocycles. The van der Waals surface area contributed by atoms with Gasteiger partial charge in [-0.15, -0.1) is 0 Å². The quantitative estimate of drug-likeness (QED) is 0.866. The van der Waals surface area contributed by atoms with Gasteiger partial charge in [-0.1, -0.05) is 12.1 Å². The van der Waals surface area contributed by atoms with E-state index in [1.807, 2.05) is 24.3 Å². The van der Waals surface area contributed by atoms with E-state index in [0.717, 1.165) is 23.5 Å². The lowest BCUT2D eigenvalue weighted by Gasteiger charge is -2.23. The van der Waals surface area contributed by atoms with E-state index in [2.05, 4.69) is 24.0 Å². The Bertz CT molecular complexity index is 491. The van der Waals surface area contributed by atoms with Gasteiger partial charge in [0.05, 0.1) is 0 Å². The molecule has 0 radical (unpaired) electrons. The summed E-state index contributed by atoms with van der Waals surface area (Å²) in [5.41, 5.74) is 8.91. The van der Waals surface area contributed by atoms with Gasteiger partial charge in [0.15, 0.2) is 0 Å². The average Bonchev–Trinajstić information content (AvgIpc) is 2.42. The molecule has 0 bridgehead atoms. The predicted molar refractivity (Wildman–Crippen MR) is 75.1 cm³/mol. The zero-order chi connectivity index (χ0) is 13.0. The average molecular weight is 242 g/mol. The minimum atomic E-state index is 0.285. The summed E-state index contributed by atoms with van der Waals surface area (Å²) < 4.78 is 0. The molecule has 2 aromatic carbocycles. The number of nitrogens with zero attached hydrogens (tertiary/aromatic N) is 1. The van der Waals surface area contributed by atoms with Crippen molar-refractivity contribution in [3.63, 3.8) is 0 Å². The number of phenols is 1. The van der Waals surface area contributed by atoms with Crippen LogP contribution in [0.5, 0.6) is 5.75 Å². The first kappa shape index (κ1) is 12.5. The molecule has 0 aliphatic carbocycles. The molecular formula is C15H18N2O. The number of anilines is 2. The van der Waals surface area contributed by atoms with Gasteiger partial charge in [0.25, 0.3) is 0 Å². The van der Waals surface area contributed by atoms with E-state index >= 15 is 0 Å². The zero-order valence-corrected chi connectivity index (χ0v) is 10.5. The van der Waals surface area contributed by atoms with Crippen molar-refractivity contribution in [2.45, 2.75) is 13.5 Å². The Morgan fingerprint density at radius 1 is 0.944 bits per heavy atom. The Kier molecular flexibility index (Phi) is 3.85. The van der Waals surface area contributed by atoms with Crippen molar-refractivity contribution in [3.05, 3.63) is 54.1 Å². The van der Waals surface area contributed by atoms with Crippen molar-refractivity contribution < 1.29 is 5.11 Å². The maximum Gasteiger partial charge on any atom is 0.115 e. The van der Waals surface area contributed by atoms with Crippen LogP contribution in [-0.2, 0) is 6.54 Å². The summed E-state index contributed by atoms with van der Waals surface area (Å²) in [6.07, 6.45) is 0. The maximum atomic E-state index is 9.32. The first-order chi connectivity index (χ1) is 8.74. The SMILES string of the molecule is CCN(c1ccc(O)cc1)c1ccc(CN)cc1. The van der Waals surface area contributed by atoms with E-state index in [1.165, 1.54) is 0 Å². The second kappa shape index (κ2) is 5.56. The van der Waals surface area contributed by atoms with E-state index in [-0.39, 0.29) is 5.75 Å². The molecule has 0 heterocycles. The summed E-state index contributed by atoms with van der Waals surface area (Å²) in [6, 6.07) is 15.4. The number of phenolic OH excluding ortho intramolecular Hbond substituents is 1. The van der Waals surface area contributed by atoms with Crippen molar-refractivity contribution in [3.8, 4) is 5.75 Å². The Balaban J connectivity index is 2.29. The summed E-state index contributed by atoms with van der Waals surface area (Å²) in [4.78, 5) is 2.18. The molecule has 0 unspecified atom stereocenters. The number of nitrogens with two attached hydrogens (primary N) is 1. The van der Waals surface area contributed by atoms with Gasteiger partial charge in [-0.05, 0) is 48.9 Å². The third-order valence-electron chi connectivity index (χ3n) is 2.96. The highest BCUT2D eigenvalue weighted by atomic mass is 16.3. The number of rotatable bonds is 4. The fourth-order valence-corrected chi connectivity index (χ4v) is 1.96. The topological polar surface area (TPSA) is 49.5 Å². The van der Waals surface area contributed by atoms with Crippen LogP contribution in [0.3, 0.4) is 0 Å². The summed E-state index contributed by atoms with van der Waals surface area (Å²) in [7, 11) is 0. The van der Waals surface area contributed by atoms with Crippen LogP contribution in [-0.4, -0.2) is 11.7 Å². The Morgan fingerprint density at radius 2 is 1.44 bits per heavy atom. The Morgan fingerprint density at radius 3 is 1.89 bits per heavy atom. The highest BCUT2D eigenvalue weighted by Gasteiger charge is 2.06. The van der Waals surface area contributed by atoms with Crippen LogP contribution in [0.25, 0.3) is 0 Å². The fourth-order valence-electron chi connectivity index (χ4n) is 1.96. The summed E-state index contributed by atoms with van der Waals surface area (Å²) in [6.45, 7) is 3.53. The lowest BCUT2D eigenvalue weighted by molar-refractivity contribution is 0.475. The first-order valence-corrected chi connectivity index (χ1v) is 6.10. The molecule has 3 heteroatoms. The van der Waals surface area contributed by atoms with E-state index in [4.69, 9.17) is 5.73 Å². The molecule has 3 nitrogen and oxygen atoms in total. The standard InChI is InChI=1S/C15H18N2O/c1-2-17(14-7-9-15(18)10-8-14)13-5-3-12(11-16)4-6-13/h3-10,18H,2,11,16H2,1H3. The number of benzene rings is 2. The van der Waals surface area contributed by atoms with Crippen molar-refractivity contribution in [1.82, 2.24) is 0 Å². The molecule has 0 amide bonds. The monoisotopic (exact) mass is 242 g/mol. The summed E-state index contributed by atoms with van der Waals surface area (Å²) in [5.74, 6) is 0.285. The van der Waals surface area contributed by atoms with Gasteiger partial charge >= 0.3 is 0 Å². The van der Waals surface area contributed by atoms with Gasteiger partial charge in [-0.25, -0.2) is 0 Å². The van der Waals surface area contributed by atoms with Crippen molar-refractivity contribution >= 4 is 11.4 Å². The zero-order valence-electron chi connectivity index (χ0n) is 10.5. The second-order valence-electron chi connectivity index (χ2n) is 4.13. The summed E-state index contributed by atoms with van der Waals surface area (Å²) in [5, 5.41) is 9.32. The predicted octanol–water partition coefficient (Wildman–Crippen LogP) is 3.01. The minimum absolute atomic E-state index is 0.285. The lowest BCUT2D eigenvalue weighted by Crippen LogP contribution is -2.15. The van der Waals surface area contributed by atoms with E-state index < -0.39 is 0 Å². The van der Waals surface area contributed by atoms with Crippen LogP contribution in [0.4, 0.5) is 11.4 Å². The van der Waals surface area contributed by atoms with Gasteiger partial charge in [0.2, 0.25) is 0 Å². The van der Waals surface area contributed by atoms with E-state index in [0.29, 0.717) is 6.54 Å². The molecule has 0 aliphatic rings. The van der Waals surface area contributed by atoms with Crippen LogP contribution in [0.15, 0.2) is 48.5 Å². The Labute approximate surface area is 107 Å². The first-order valence-electron chi connectivity index (χ1n) is 6.10. The van der Waals surface area contributed by atoms with E-state index in [9.17, 15) is 5.11 Å². The normalized spacial score (nSPS) is 10.3. The second-order valence-corrected chi connectivity index (χ2v) is 4.13. The van der Waals surface area contributed by atoms with E-state index in [1.54, 1.807) is 12.1 Å². The fraction of sp³-hybridized carbons (Fsp3) is 0.200. The number of aromatic hydroxyl groups is 1. The molecule has 0 saturated heterocycles. The summed E-state index contributed by atoms with van der Waals surface area (Å²) >= 11 is 0. The van der Waals surface area contributed by atoms with Gasteiger partial charge < -0.3 is 15.7 Å². The largest absolute Gasteiger partial charge is 0.508 e. The minimum Gasteiger partial charge on any atom is -0.508 e. The number of hydrogen-bond acceptors (Lipinski definition) is 3. The smallest absolute Gasteiger partial charge is 0.115 e. The van der Waals surface area contributed by atoms with Crippen LogP contribution < -0.4 is 10.6 Å². The molecular weight excluding hydrogens is 224 g/mol. The molecule has 0 spiro atoms. The van der Waals surface area contributed by atoms with Crippen molar-refractivity contribution in [2.75, 3.05) is 11.4 Å². The molecule has 94 valence electrons. The van der Waals surface area contributed by atoms with Gasteiger partial charge in [0, 0.05) is 24.5 Å². The van der Waals surface area contributed by atoms with Gasteiger partial charge in [-0.2, -0.15) is 0 Å². The van der Waals surface area contributed by atoms with Gasteiger partial charge in [-0.3, -0.25) is 0 Å². The van der Waals surface area contributed by atoms with Crippen LogP contribution in [0.2, 0.25) is 0 Å². The van der Waals surface area contributed by atoms with Gasteiger partial charge in [0.1, 0.15) is 5.75 Å². The molecule has 3 N–H and O–H groups in total. The highest BCUT2D eigenvalue weighted by Crippen LogP contribution is 2.26.